The van der Waals surface area contributed by atoms with Crippen molar-refractivity contribution in [2.75, 3.05) is 25.4 Å². The van der Waals surface area contributed by atoms with Crippen molar-refractivity contribution in [2.45, 2.75) is 50.3 Å². The van der Waals surface area contributed by atoms with Gasteiger partial charge in [0.15, 0.2) is 0 Å². The number of likely N-dealkylation sites (tertiary alicyclic amines) is 1. The van der Waals surface area contributed by atoms with Gasteiger partial charge in [-0.25, -0.2) is 9.59 Å². The van der Waals surface area contributed by atoms with Gasteiger partial charge in [-0.2, -0.15) is 11.8 Å². The lowest BCUT2D eigenvalue weighted by atomic mass is 9.99. The molecule has 2 heterocycles. The molecular formula is C14H24N2O3S. The monoisotopic (exact) mass is 300 g/mol. The Bertz CT molecular complexity index is 413. The Kier molecular flexibility index (Phi) is 4.23. The molecule has 20 heavy (non-hydrogen) atoms. The summed E-state index contributed by atoms with van der Waals surface area (Å²) in [6.07, 6.45) is 2.26. The molecule has 114 valence electrons. The molecule has 1 unspecified atom stereocenters. The van der Waals surface area contributed by atoms with Crippen molar-refractivity contribution in [3.05, 3.63) is 0 Å². The van der Waals surface area contributed by atoms with Gasteiger partial charge in [0.05, 0.1) is 0 Å². The van der Waals surface area contributed by atoms with Crippen LogP contribution in [0.3, 0.4) is 0 Å². The maximum absolute atomic E-state index is 12.7. The van der Waals surface area contributed by atoms with Crippen molar-refractivity contribution in [1.29, 1.82) is 0 Å². The topological polar surface area (TPSA) is 60.9 Å². The molecule has 0 radical (unpaired) electrons. The third-order valence-corrected chi connectivity index (χ3v) is 5.81. The first-order valence-electron chi connectivity index (χ1n) is 7.20. The van der Waals surface area contributed by atoms with Crippen LogP contribution in [0.25, 0.3) is 0 Å². The van der Waals surface area contributed by atoms with Gasteiger partial charge in [0.2, 0.25) is 0 Å². The molecule has 0 saturated carbocycles. The number of amides is 2. The van der Waals surface area contributed by atoms with Gasteiger partial charge in [-0.05, 0) is 26.2 Å². The minimum Gasteiger partial charge on any atom is -0.480 e. The van der Waals surface area contributed by atoms with Crippen molar-refractivity contribution in [2.24, 2.45) is 0 Å². The number of carbonyl (C=O) groups is 2. The second-order valence-corrected chi connectivity index (χ2v) is 8.26. The van der Waals surface area contributed by atoms with E-state index in [1.807, 2.05) is 16.7 Å². The fourth-order valence-electron chi connectivity index (χ4n) is 2.87. The standard InChI is InChI=1S/C14H24N2O3S/c1-13(2)6-8-15(9-10-20-13)12(19)16-7-4-5-14(16,3)11(17)18/h4-10H2,1-3H3,(H,17,18). The highest BCUT2D eigenvalue weighted by Crippen LogP contribution is 2.33. The Morgan fingerprint density at radius 2 is 1.80 bits per heavy atom. The smallest absolute Gasteiger partial charge is 0.329 e. The molecule has 2 aliphatic heterocycles. The van der Waals surface area contributed by atoms with Crippen LogP contribution >= 0.6 is 11.8 Å². The van der Waals surface area contributed by atoms with E-state index in [4.69, 9.17) is 0 Å². The Morgan fingerprint density at radius 3 is 2.45 bits per heavy atom. The van der Waals surface area contributed by atoms with E-state index in [0.29, 0.717) is 26.1 Å². The van der Waals surface area contributed by atoms with Crippen LogP contribution in [-0.2, 0) is 4.79 Å². The molecule has 0 spiro atoms. The van der Waals surface area contributed by atoms with E-state index in [-0.39, 0.29) is 10.8 Å². The van der Waals surface area contributed by atoms with Crippen LogP contribution in [0, 0.1) is 0 Å². The molecule has 0 aromatic carbocycles. The average molecular weight is 300 g/mol. The van der Waals surface area contributed by atoms with Crippen molar-refractivity contribution in [1.82, 2.24) is 9.80 Å². The fourth-order valence-corrected chi connectivity index (χ4v) is 3.97. The number of hydrogen-bond acceptors (Lipinski definition) is 3. The number of carbonyl (C=O) groups excluding carboxylic acids is 1. The lowest BCUT2D eigenvalue weighted by Gasteiger charge is -2.35. The summed E-state index contributed by atoms with van der Waals surface area (Å²) in [6, 6.07) is -0.106. The molecule has 0 bridgehead atoms. The van der Waals surface area contributed by atoms with E-state index in [1.165, 1.54) is 0 Å². The zero-order valence-electron chi connectivity index (χ0n) is 12.5. The number of urea groups is 1. The molecule has 2 fully saturated rings. The summed E-state index contributed by atoms with van der Waals surface area (Å²) >= 11 is 1.88. The van der Waals surface area contributed by atoms with E-state index < -0.39 is 11.5 Å². The van der Waals surface area contributed by atoms with Gasteiger partial charge in [0.1, 0.15) is 5.54 Å². The quantitative estimate of drug-likeness (QED) is 0.807. The van der Waals surface area contributed by atoms with Gasteiger partial charge in [-0.3, -0.25) is 0 Å². The summed E-state index contributed by atoms with van der Waals surface area (Å²) in [4.78, 5) is 27.5. The zero-order valence-corrected chi connectivity index (χ0v) is 13.3. The van der Waals surface area contributed by atoms with Gasteiger partial charge in [-0.15, -0.1) is 0 Å². The molecule has 1 atom stereocenters. The second-order valence-electron chi connectivity index (χ2n) is 6.46. The van der Waals surface area contributed by atoms with Crippen molar-refractivity contribution < 1.29 is 14.7 Å². The average Bonchev–Trinajstić information content (AvgIpc) is 2.66. The molecule has 0 aliphatic carbocycles. The van der Waals surface area contributed by atoms with Crippen LogP contribution in [0.15, 0.2) is 0 Å². The minimum absolute atomic E-state index is 0.106. The first-order valence-corrected chi connectivity index (χ1v) is 8.19. The predicted octanol–water partition coefficient (Wildman–Crippen LogP) is 2.26. The molecule has 6 heteroatoms. The zero-order chi connectivity index (χ0) is 15.0. The SMILES string of the molecule is CC1(C)CCN(C(=O)N2CCCC2(C)C(=O)O)CCS1. The van der Waals surface area contributed by atoms with Crippen LogP contribution in [0.4, 0.5) is 4.79 Å². The Labute approximate surface area is 124 Å². The molecule has 5 nitrogen and oxygen atoms in total. The summed E-state index contributed by atoms with van der Waals surface area (Å²) in [6.45, 7) is 8.03. The highest BCUT2D eigenvalue weighted by molar-refractivity contribution is 8.00. The molecule has 1 N–H and O–H groups in total. The van der Waals surface area contributed by atoms with E-state index in [0.717, 1.165) is 18.6 Å². The van der Waals surface area contributed by atoms with E-state index in [2.05, 4.69) is 13.8 Å². The molecule has 2 amide bonds. The van der Waals surface area contributed by atoms with Crippen LogP contribution in [0.2, 0.25) is 0 Å². The van der Waals surface area contributed by atoms with Gasteiger partial charge in [0, 0.05) is 30.1 Å². The van der Waals surface area contributed by atoms with E-state index >= 15 is 0 Å². The molecular weight excluding hydrogens is 276 g/mol. The highest BCUT2D eigenvalue weighted by Gasteiger charge is 2.47. The molecule has 2 saturated heterocycles. The van der Waals surface area contributed by atoms with Crippen molar-refractivity contribution >= 4 is 23.8 Å². The number of thioether (sulfide) groups is 1. The van der Waals surface area contributed by atoms with E-state index in [1.54, 1.807) is 11.8 Å². The summed E-state index contributed by atoms with van der Waals surface area (Å²) in [5.74, 6) is 0.0176. The summed E-state index contributed by atoms with van der Waals surface area (Å²) in [7, 11) is 0. The van der Waals surface area contributed by atoms with Gasteiger partial charge < -0.3 is 14.9 Å². The summed E-state index contributed by atoms with van der Waals surface area (Å²) in [5, 5.41) is 9.41. The summed E-state index contributed by atoms with van der Waals surface area (Å²) < 4.78 is 0.191. The van der Waals surface area contributed by atoms with Crippen LogP contribution < -0.4 is 0 Å². The molecule has 0 aromatic heterocycles. The number of rotatable bonds is 1. The molecule has 2 aliphatic rings. The van der Waals surface area contributed by atoms with Crippen molar-refractivity contribution in [3.63, 3.8) is 0 Å². The third kappa shape index (κ3) is 2.90. The highest BCUT2D eigenvalue weighted by atomic mass is 32.2. The number of carboxylic acids is 1. The first-order chi connectivity index (χ1) is 9.26. The minimum atomic E-state index is -1.04. The van der Waals surface area contributed by atoms with Crippen LogP contribution in [-0.4, -0.2) is 62.6 Å². The number of nitrogens with zero attached hydrogens (tertiary/aromatic N) is 2. The van der Waals surface area contributed by atoms with Crippen molar-refractivity contribution in [3.8, 4) is 0 Å². The predicted molar refractivity (Wildman–Crippen MR) is 80.1 cm³/mol. The Morgan fingerprint density at radius 1 is 1.10 bits per heavy atom. The van der Waals surface area contributed by atoms with Crippen LogP contribution in [0.5, 0.6) is 0 Å². The summed E-state index contributed by atoms with van der Waals surface area (Å²) in [5.41, 5.74) is -1.04. The number of hydrogen-bond donors (Lipinski definition) is 1. The lowest BCUT2D eigenvalue weighted by molar-refractivity contribution is -0.147. The fraction of sp³-hybridized carbons (Fsp3) is 0.857. The normalized spacial score (nSPS) is 30.1. The van der Waals surface area contributed by atoms with Gasteiger partial charge in [-0.1, -0.05) is 13.8 Å². The second kappa shape index (κ2) is 5.47. The Hall–Kier alpha value is -0.910. The maximum atomic E-state index is 12.7. The lowest BCUT2D eigenvalue weighted by Crippen LogP contribution is -2.55. The van der Waals surface area contributed by atoms with Gasteiger partial charge in [0.25, 0.3) is 0 Å². The third-order valence-electron chi connectivity index (χ3n) is 4.44. The molecule has 2 rings (SSSR count). The first kappa shape index (κ1) is 15.5. The van der Waals surface area contributed by atoms with Gasteiger partial charge >= 0.3 is 12.0 Å². The van der Waals surface area contributed by atoms with E-state index in [9.17, 15) is 14.7 Å². The number of carboxylic acid groups (broad SMARTS) is 1. The Balaban J connectivity index is 2.09. The molecule has 0 aromatic rings. The number of aliphatic carboxylic acids is 1. The van der Waals surface area contributed by atoms with Crippen LogP contribution in [0.1, 0.15) is 40.0 Å². The largest absolute Gasteiger partial charge is 0.480 e. The maximum Gasteiger partial charge on any atom is 0.329 e.